The molecular formula is C12H17BrN2O. The number of nitrogens with zero attached hydrogens (tertiary/aromatic N) is 2. The maximum absolute atomic E-state index is 5.20. The van der Waals surface area contributed by atoms with E-state index in [-0.39, 0.29) is 0 Å². The van der Waals surface area contributed by atoms with Gasteiger partial charge in [0.1, 0.15) is 5.82 Å². The quantitative estimate of drug-likeness (QED) is 0.853. The zero-order chi connectivity index (χ0) is 11.5. The van der Waals surface area contributed by atoms with Crippen LogP contribution in [0.3, 0.4) is 0 Å². The van der Waals surface area contributed by atoms with E-state index in [1.54, 1.807) is 7.11 Å². The van der Waals surface area contributed by atoms with Crippen molar-refractivity contribution in [2.45, 2.75) is 13.3 Å². The Hall–Kier alpha value is -0.610. The number of hydrogen-bond acceptors (Lipinski definition) is 3. The highest BCUT2D eigenvalue weighted by molar-refractivity contribution is 9.10. The SMILES string of the molecule is COCC1CCN(c2cc(C)c(Br)cn2)C1. The number of aryl methyl sites for hydroxylation is 1. The molecule has 3 nitrogen and oxygen atoms in total. The normalized spacial score (nSPS) is 20.4. The summed E-state index contributed by atoms with van der Waals surface area (Å²) in [6.07, 6.45) is 3.08. The van der Waals surface area contributed by atoms with Crippen molar-refractivity contribution in [1.29, 1.82) is 0 Å². The van der Waals surface area contributed by atoms with Crippen LogP contribution in [0.1, 0.15) is 12.0 Å². The van der Waals surface area contributed by atoms with Gasteiger partial charge in [-0.2, -0.15) is 0 Å². The van der Waals surface area contributed by atoms with Gasteiger partial charge < -0.3 is 9.64 Å². The molecule has 1 aromatic rings. The predicted molar refractivity (Wildman–Crippen MR) is 68.9 cm³/mol. The molecule has 1 fully saturated rings. The molecule has 1 unspecified atom stereocenters. The average Bonchev–Trinajstić information content (AvgIpc) is 2.71. The van der Waals surface area contributed by atoms with E-state index in [1.807, 2.05) is 6.20 Å². The fraction of sp³-hybridized carbons (Fsp3) is 0.583. The van der Waals surface area contributed by atoms with Crippen molar-refractivity contribution in [2.24, 2.45) is 5.92 Å². The van der Waals surface area contributed by atoms with Gasteiger partial charge in [-0.25, -0.2) is 4.98 Å². The minimum Gasteiger partial charge on any atom is -0.384 e. The molecule has 0 bridgehead atoms. The Balaban J connectivity index is 2.05. The largest absolute Gasteiger partial charge is 0.384 e. The first-order valence-electron chi connectivity index (χ1n) is 5.56. The van der Waals surface area contributed by atoms with Crippen LogP contribution in [0.4, 0.5) is 5.82 Å². The first-order valence-corrected chi connectivity index (χ1v) is 6.36. The maximum atomic E-state index is 5.20. The molecule has 1 aliphatic heterocycles. The highest BCUT2D eigenvalue weighted by Crippen LogP contribution is 2.25. The second-order valence-electron chi connectivity index (χ2n) is 4.35. The van der Waals surface area contributed by atoms with Crippen molar-refractivity contribution in [2.75, 3.05) is 31.7 Å². The van der Waals surface area contributed by atoms with Crippen LogP contribution in [-0.4, -0.2) is 31.8 Å². The van der Waals surface area contributed by atoms with Gasteiger partial charge in [0, 0.05) is 36.8 Å². The van der Waals surface area contributed by atoms with Crippen LogP contribution in [-0.2, 0) is 4.74 Å². The second-order valence-corrected chi connectivity index (χ2v) is 5.20. The van der Waals surface area contributed by atoms with Gasteiger partial charge in [0.05, 0.1) is 6.61 Å². The molecule has 1 aliphatic rings. The molecule has 88 valence electrons. The van der Waals surface area contributed by atoms with Crippen molar-refractivity contribution in [3.05, 3.63) is 22.3 Å². The predicted octanol–water partition coefficient (Wildman–Crippen LogP) is 2.63. The Morgan fingerprint density at radius 2 is 2.44 bits per heavy atom. The summed E-state index contributed by atoms with van der Waals surface area (Å²) >= 11 is 3.47. The van der Waals surface area contributed by atoms with E-state index in [4.69, 9.17) is 4.74 Å². The molecule has 2 rings (SSSR count). The van der Waals surface area contributed by atoms with Crippen LogP contribution in [0.2, 0.25) is 0 Å². The summed E-state index contributed by atoms with van der Waals surface area (Å²) in [7, 11) is 1.77. The summed E-state index contributed by atoms with van der Waals surface area (Å²) in [5, 5.41) is 0. The van der Waals surface area contributed by atoms with Gasteiger partial charge in [-0.1, -0.05) is 0 Å². The van der Waals surface area contributed by atoms with Crippen LogP contribution < -0.4 is 4.90 Å². The number of aromatic nitrogens is 1. The summed E-state index contributed by atoms with van der Waals surface area (Å²) in [5.41, 5.74) is 1.24. The van der Waals surface area contributed by atoms with E-state index < -0.39 is 0 Å². The van der Waals surface area contributed by atoms with E-state index in [9.17, 15) is 0 Å². The summed E-state index contributed by atoms with van der Waals surface area (Å²) in [6.45, 7) is 5.09. The van der Waals surface area contributed by atoms with Gasteiger partial charge in [0.15, 0.2) is 0 Å². The molecule has 0 aromatic carbocycles. The lowest BCUT2D eigenvalue weighted by Crippen LogP contribution is -2.22. The fourth-order valence-electron chi connectivity index (χ4n) is 2.11. The number of halogens is 1. The van der Waals surface area contributed by atoms with Crippen LogP contribution in [0.25, 0.3) is 0 Å². The number of ether oxygens (including phenoxy) is 1. The topological polar surface area (TPSA) is 25.4 Å². The lowest BCUT2D eigenvalue weighted by Gasteiger charge is -2.18. The molecule has 0 saturated carbocycles. The monoisotopic (exact) mass is 284 g/mol. The summed E-state index contributed by atoms with van der Waals surface area (Å²) in [6, 6.07) is 2.14. The van der Waals surface area contributed by atoms with Gasteiger partial charge in [0.25, 0.3) is 0 Å². The average molecular weight is 285 g/mol. The van der Waals surface area contributed by atoms with Crippen molar-refractivity contribution >= 4 is 21.7 Å². The highest BCUT2D eigenvalue weighted by atomic mass is 79.9. The summed E-state index contributed by atoms with van der Waals surface area (Å²) < 4.78 is 6.27. The molecule has 0 N–H and O–H groups in total. The lowest BCUT2D eigenvalue weighted by atomic mass is 10.1. The Bertz CT molecular complexity index is 370. The number of rotatable bonds is 3. The van der Waals surface area contributed by atoms with Crippen molar-refractivity contribution < 1.29 is 4.74 Å². The molecule has 2 heterocycles. The zero-order valence-electron chi connectivity index (χ0n) is 9.74. The van der Waals surface area contributed by atoms with Gasteiger partial charge in [-0.3, -0.25) is 0 Å². The van der Waals surface area contributed by atoms with Crippen LogP contribution in [0.5, 0.6) is 0 Å². The third-order valence-electron chi connectivity index (χ3n) is 3.04. The zero-order valence-corrected chi connectivity index (χ0v) is 11.3. The lowest BCUT2D eigenvalue weighted by molar-refractivity contribution is 0.161. The summed E-state index contributed by atoms with van der Waals surface area (Å²) in [4.78, 5) is 6.79. The minimum absolute atomic E-state index is 0.649. The molecule has 4 heteroatoms. The van der Waals surface area contributed by atoms with E-state index in [1.165, 1.54) is 12.0 Å². The molecule has 1 saturated heterocycles. The van der Waals surface area contributed by atoms with Crippen LogP contribution in [0.15, 0.2) is 16.7 Å². The molecule has 16 heavy (non-hydrogen) atoms. The smallest absolute Gasteiger partial charge is 0.128 e. The van der Waals surface area contributed by atoms with Gasteiger partial charge in [-0.15, -0.1) is 0 Å². The first kappa shape index (κ1) is 11.9. The van der Waals surface area contributed by atoms with Crippen LogP contribution >= 0.6 is 15.9 Å². The van der Waals surface area contributed by atoms with Crippen LogP contribution in [0, 0.1) is 12.8 Å². The van der Waals surface area contributed by atoms with E-state index in [0.29, 0.717) is 5.92 Å². The number of pyridine rings is 1. The Kier molecular flexibility index (Phi) is 3.82. The Morgan fingerprint density at radius 3 is 3.12 bits per heavy atom. The Morgan fingerprint density at radius 1 is 1.62 bits per heavy atom. The number of anilines is 1. The molecule has 0 radical (unpaired) electrons. The highest BCUT2D eigenvalue weighted by Gasteiger charge is 2.23. The molecular weight excluding hydrogens is 268 g/mol. The minimum atomic E-state index is 0.649. The van der Waals surface area contributed by atoms with Crippen molar-refractivity contribution in [1.82, 2.24) is 4.98 Å². The first-order chi connectivity index (χ1) is 7.70. The number of methoxy groups -OCH3 is 1. The second kappa shape index (κ2) is 5.15. The van der Waals surface area contributed by atoms with Crippen molar-refractivity contribution in [3.8, 4) is 0 Å². The third kappa shape index (κ3) is 2.55. The van der Waals surface area contributed by atoms with Gasteiger partial charge >= 0.3 is 0 Å². The molecule has 0 spiro atoms. The van der Waals surface area contributed by atoms with Gasteiger partial charge in [0.2, 0.25) is 0 Å². The Labute approximate surface area is 105 Å². The summed E-state index contributed by atoms with van der Waals surface area (Å²) in [5.74, 6) is 1.73. The standard InChI is InChI=1S/C12H17BrN2O/c1-9-5-12(14-6-11(9)13)15-4-3-10(7-15)8-16-2/h5-6,10H,3-4,7-8H2,1-2H3. The van der Waals surface area contributed by atoms with E-state index in [2.05, 4.69) is 38.8 Å². The van der Waals surface area contributed by atoms with E-state index >= 15 is 0 Å². The molecule has 0 aliphatic carbocycles. The molecule has 1 atom stereocenters. The van der Waals surface area contributed by atoms with Gasteiger partial charge in [-0.05, 0) is 40.9 Å². The fourth-order valence-corrected chi connectivity index (χ4v) is 2.33. The molecule has 1 aromatic heterocycles. The molecule has 0 amide bonds. The third-order valence-corrected chi connectivity index (χ3v) is 3.87. The van der Waals surface area contributed by atoms with Crippen molar-refractivity contribution in [3.63, 3.8) is 0 Å². The maximum Gasteiger partial charge on any atom is 0.128 e. The number of hydrogen-bond donors (Lipinski definition) is 0. The van der Waals surface area contributed by atoms with E-state index in [0.717, 1.165) is 30.0 Å².